The molecule has 1 aliphatic rings. The molecule has 0 unspecified atom stereocenters. The summed E-state index contributed by atoms with van der Waals surface area (Å²) < 4.78 is 1.41. The van der Waals surface area contributed by atoms with Crippen LogP contribution >= 0.6 is 11.8 Å². The maximum atomic E-state index is 12.6. The number of para-hydroxylation sites is 1. The van der Waals surface area contributed by atoms with Gasteiger partial charge in [0.2, 0.25) is 5.91 Å². The SMILES string of the molecule is Cc1ccnc(SCC(=O)N2CCN(c3ccc(=O)n(-c4ccccc4)n3)CC2)n1. The van der Waals surface area contributed by atoms with Crippen molar-refractivity contribution in [2.45, 2.75) is 12.1 Å². The van der Waals surface area contributed by atoms with E-state index in [1.807, 2.05) is 48.2 Å². The molecule has 8 nitrogen and oxygen atoms in total. The number of carbonyl (C=O) groups excluding carboxylic acids is 1. The van der Waals surface area contributed by atoms with Crippen LogP contribution in [0.4, 0.5) is 5.82 Å². The molecular weight excluding hydrogens is 400 g/mol. The molecule has 1 saturated heterocycles. The standard InChI is InChI=1S/C21H22N6O2S/c1-16-9-10-22-21(23-16)30-15-20(29)26-13-11-25(12-14-26)18-7-8-19(28)27(24-18)17-5-3-2-4-6-17/h2-10H,11-15H2,1H3. The zero-order chi connectivity index (χ0) is 20.9. The summed E-state index contributed by atoms with van der Waals surface area (Å²) in [5.41, 5.74) is 1.45. The molecule has 1 aliphatic heterocycles. The van der Waals surface area contributed by atoms with Crippen molar-refractivity contribution in [3.63, 3.8) is 0 Å². The van der Waals surface area contributed by atoms with Gasteiger partial charge >= 0.3 is 0 Å². The van der Waals surface area contributed by atoms with Gasteiger partial charge in [0.15, 0.2) is 5.16 Å². The molecule has 1 aromatic carbocycles. The van der Waals surface area contributed by atoms with Crippen LogP contribution in [-0.4, -0.2) is 62.5 Å². The Labute approximate surface area is 178 Å². The summed E-state index contributed by atoms with van der Waals surface area (Å²) >= 11 is 1.36. The Kier molecular flexibility index (Phi) is 6.08. The zero-order valence-corrected chi connectivity index (χ0v) is 17.5. The number of thioether (sulfide) groups is 1. The first kappa shape index (κ1) is 20.1. The molecule has 0 bridgehead atoms. The molecule has 0 atom stereocenters. The topological polar surface area (TPSA) is 84.2 Å². The predicted molar refractivity (Wildman–Crippen MR) is 116 cm³/mol. The number of rotatable bonds is 5. The van der Waals surface area contributed by atoms with Crippen molar-refractivity contribution in [1.82, 2.24) is 24.6 Å². The second kappa shape index (κ2) is 9.08. The van der Waals surface area contributed by atoms with Gasteiger partial charge in [0.1, 0.15) is 5.82 Å². The Morgan fingerprint density at radius 2 is 1.80 bits per heavy atom. The van der Waals surface area contributed by atoms with Gasteiger partial charge in [-0.15, -0.1) is 5.10 Å². The highest BCUT2D eigenvalue weighted by Crippen LogP contribution is 2.16. The van der Waals surface area contributed by atoms with Crippen molar-refractivity contribution < 1.29 is 4.79 Å². The number of hydrogen-bond acceptors (Lipinski definition) is 7. The number of carbonyl (C=O) groups is 1. The molecule has 30 heavy (non-hydrogen) atoms. The summed E-state index contributed by atoms with van der Waals surface area (Å²) in [7, 11) is 0. The molecule has 9 heteroatoms. The first-order valence-electron chi connectivity index (χ1n) is 9.71. The first-order valence-corrected chi connectivity index (χ1v) is 10.7. The van der Waals surface area contributed by atoms with Crippen molar-refractivity contribution in [1.29, 1.82) is 0 Å². The second-order valence-electron chi connectivity index (χ2n) is 6.91. The minimum Gasteiger partial charge on any atom is -0.352 e. The van der Waals surface area contributed by atoms with E-state index < -0.39 is 0 Å². The maximum absolute atomic E-state index is 12.6. The third kappa shape index (κ3) is 4.68. The number of anilines is 1. The molecule has 0 saturated carbocycles. The molecule has 3 aromatic rings. The molecule has 3 heterocycles. The number of amides is 1. The van der Waals surface area contributed by atoms with Crippen LogP contribution in [0.25, 0.3) is 5.69 Å². The summed E-state index contributed by atoms with van der Waals surface area (Å²) in [5, 5.41) is 5.15. The van der Waals surface area contributed by atoms with E-state index in [0.29, 0.717) is 37.1 Å². The van der Waals surface area contributed by atoms with E-state index in [0.717, 1.165) is 17.2 Å². The molecule has 0 radical (unpaired) electrons. The van der Waals surface area contributed by atoms with E-state index in [1.165, 1.54) is 22.5 Å². The monoisotopic (exact) mass is 422 g/mol. The average molecular weight is 423 g/mol. The minimum atomic E-state index is -0.172. The lowest BCUT2D eigenvalue weighted by atomic mass is 10.3. The minimum absolute atomic E-state index is 0.0759. The van der Waals surface area contributed by atoms with Crippen LogP contribution in [0.3, 0.4) is 0 Å². The lowest BCUT2D eigenvalue weighted by Crippen LogP contribution is -2.49. The lowest BCUT2D eigenvalue weighted by molar-refractivity contribution is -0.128. The Bertz CT molecular complexity index is 1080. The quantitative estimate of drug-likeness (QED) is 0.458. The fraction of sp³-hybridized carbons (Fsp3) is 0.286. The van der Waals surface area contributed by atoms with Crippen molar-refractivity contribution in [2.75, 3.05) is 36.8 Å². The summed E-state index contributed by atoms with van der Waals surface area (Å²) in [5.74, 6) is 1.13. The number of aryl methyl sites for hydroxylation is 1. The Morgan fingerprint density at radius 1 is 1.03 bits per heavy atom. The van der Waals surface area contributed by atoms with Crippen molar-refractivity contribution in [3.8, 4) is 5.69 Å². The molecule has 4 rings (SSSR count). The van der Waals surface area contributed by atoms with Gasteiger partial charge in [0.05, 0.1) is 11.4 Å². The van der Waals surface area contributed by atoms with Crippen LogP contribution in [-0.2, 0) is 4.79 Å². The Morgan fingerprint density at radius 3 is 2.53 bits per heavy atom. The van der Waals surface area contributed by atoms with Crippen LogP contribution < -0.4 is 10.5 Å². The first-order chi connectivity index (χ1) is 14.6. The molecular formula is C21H22N6O2S. The fourth-order valence-corrected chi connectivity index (χ4v) is 4.00. The Balaban J connectivity index is 1.36. The number of piperazine rings is 1. The van der Waals surface area contributed by atoms with Crippen LogP contribution in [0.5, 0.6) is 0 Å². The smallest absolute Gasteiger partial charge is 0.271 e. The average Bonchev–Trinajstić information content (AvgIpc) is 2.78. The van der Waals surface area contributed by atoms with Crippen LogP contribution in [0.15, 0.2) is 64.7 Å². The molecule has 154 valence electrons. The van der Waals surface area contributed by atoms with Gasteiger partial charge in [0.25, 0.3) is 5.56 Å². The van der Waals surface area contributed by atoms with Gasteiger partial charge in [-0.2, -0.15) is 4.68 Å². The van der Waals surface area contributed by atoms with Crippen LogP contribution in [0, 0.1) is 6.92 Å². The Hall–Kier alpha value is -3.20. The number of nitrogens with zero attached hydrogens (tertiary/aromatic N) is 6. The summed E-state index contributed by atoms with van der Waals surface area (Å²) in [4.78, 5) is 37.2. The molecule has 1 amide bonds. The van der Waals surface area contributed by atoms with Gasteiger partial charge in [-0.3, -0.25) is 9.59 Å². The van der Waals surface area contributed by atoms with E-state index in [9.17, 15) is 9.59 Å². The molecule has 0 spiro atoms. The molecule has 0 N–H and O–H groups in total. The lowest BCUT2D eigenvalue weighted by Gasteiger charge is -2.35. The number of benzene rings is 1. The van der Waals surface area contributed by atoms with Gasteiger partial charge in [0, 0.05) is 44.1 Å². The highest BCUT2D eigenvalue weighted by molar-refractivity contribution is 7.99. The molecule has 1 fully saturated rings. The van der Waals surface area contributed by atoms with E-state index >= 15 is 0 Å². The number of hydrogen-bond donors (Lipinski definition) is 0. The molecule has 0 aliphatic carbocycles. The summed E-state index contributed by atoms with van der Waals surface area (Å²) in [6.07, 6.45) is 1.70. The van der Waals surface area contributed by atoms with Crippen molar-refractivity contribution in [3.05, 3.63) is 70.8 Å². The summed E-state index contributed by atoms with van der Waals surface area (Å²) in [6.45, 7) is 4.46. The maximum Gasteiger partial charge on any atom is 0.271 e. The summed E-state index contributed by atoms with van der Waals surface area (Å²) in [6, 6.07) is 14.5. The van der Waals surface area contributed by atoms with Crippen LogP contribution in [0.2, 0.25) is 0 Å². The highest BCUT2D eigenvalue weighted by Gasteiger charge is 2.22. The largest absolute Gasteiger partial charge is 0.352 e. The van der Waals surface area contributed by atoms with E-state index in [2.05, 4.69) is 20.0 Å². The van der Waals surface area contributed by atoms with E-state index in [1.54, 1.807) is 12.3 Å². The third-order valence-electron chi connectivity index (χ3n) is 4.84. The second-order valence-corrected chi connectivity index (χ2v) is 7.86. The highest BCUT2D eigenvalue weighted by atomic mass is 32.2. The third-order valence-corrected chi connectivity index (χ3v) is 5.69. The van der Waals surface area contributed by atoms with Gasteiger partial charge in [-0.1, -0.05) is 30.0 Å². The molecule has 2 aromatic heterocycles. The predicted octanol–water partition coefficient (Wildman–Crippen LogP) is 1.77. The van der Waals surface area contributed by atoms with Gasteiger partial charge in [-0.05, 0) is 31.2 Å². The van der Waals surface area contributed by atoms with Gasteiger partial charge < -0.3 is 9.80 Å². The number of aromatic nitrogens is 4. The normalized spacial score (nSPS) is 14.0. The fourth-order valence-electron chi connectivity index (χ4n) is 3.22. The van der Waals surface area contributed by atoms with Crippen molar-refractivity contribution >= 4 is 23.5 Å². The van der Waals surface area contributed by atoms with E-state index in [-0.39, 0.29) is 11.5 Å². The van der Waals surface area contributed by atoms with E-state index in [4.69, 9.17) is 0 Å². The zero-order valence-electron chi connectivity index (χ0n) is 16.6. The van der Waals surface area contributed by atoms with Crippen molar-refractivity contribution in [2.24, 2.45) is 0 Å². The van der Waals surface area contributed by atoms with Crippen LogP contribution in [0.1, 0.15) is 5.69 Å². The van der Waals surface area contributed by atoms with Gasteiger partial charge in [-0.25, -0.2) is 9.97 Å².